The lowest BCUT2D eigenvalue weighted by Crippen LogP contribution is -2.31. The molecule has 0 aliphatic rings. The molecular formula is C18H22FN3O5S2. The Hall–Kier alpha value is -2.34. The summed E-state index contributed by atoms with van der Waals surface area (Å²) in [5, 5.41) is 5.13. The van der Waals surface area contributed by atoms with Crippen LogP contribution >= 0.6 is 0 Å². The third kappa shape index (κ3) is 5.18. The quantitative estimate of drug-likeness (QED) is 0.672. The predicted molar refractivity (Wildman–Crippen MR) is 106 cm³/mol. The lowest BCUT2D eigenvalue weighted by molar-refractivity contribution is 0.0737. The molecule has 0 aliphatic carbocycles. The first-order chi connectivity index (χ1) is 13.4. The van der Waals surface area contributed by atoms with Crippen LogP contribution in [0.3, 0.4) is 0 Å². The van der Waals surface area contributed by atoms with E-state index in [1.54, 1.807) is 19.9 Å². The average Bonchev–Trinajstić information content (AvgIpc) is 2.66. The summed E-state index contributed by atoms with van der Waals surface area (Å²) in [5.41, 5.74) is 0.0464. The number of sulfonamides is 2. The minimum atomic E-state index is -3.93. The zero-order valence-corrected chi connectivity index (χ0v) is 17.7. The minimum Gasteiger partial charge on any atom is -0.335 e. The SMILES string of the molecule is CCNS(=O)(=O)c1ccc(F)c(C(=O)N(C)C(C)c2cccc(S(N)(=O)=O)c2)c1. The normalized spacial score (nSPS) is 13.1. The van der Waals surface area contributed by atoms with Crippen molar-refractivity contribution in [2.75, 3.05) is 13.6 Å². The Morgan fingerprint density at radius 1 is 1.14 bits per heavy atom. The van der Waals surface area contributed by atoms with Gasteiger partial charge in [0.05, 0.1) is 21.4 Å². The van der Waals surface area contributed by atoms with Crippen LogP contribution < -0.4 is 9.86 Å². The van der Waals surface area contributed by atoms with Crippen molar-refractivity contribution in [3.8, 4) is 0 Å². The number of carbonyl (C=O) groups excluding carboxylic acids is 1. The van der Waals surface area contributed by atoms with Crippen molar-refractivity contribution in [1.29, 1.82) is 0 Å². The van der Waals surface area contributed by atoms with Crippen LogP contribution in [0.1, 0.15) is 35.8 Å². The number of nitrogens with one attached hydrogen (secondary N) is 1. The lowest BCUT2D eigenvalue weighted by atomic mass is 10.1. The molecule has 1 atom stereocenters. The largest absolute Gasteiger partial charge is 0.335 e. The number of carbonyl (C=O) groups is 1. The van der Waals surface area contributed by atoms with Crippen molar-refractivity contribution in [3.63, 3.8) is 0 Å². The molecule has 0 heterocycles. The molecule has 158 valence electrons. The molecule has 0 saturated heterocycles. The van der Waals surface area contributed by atoms with Crippen molar-refractivity contribution in [2.45, 2.75) is 29.7 Å². The molecule has 8 nitrogen and oxygen atoms in total. The van der Waals surface area contributed by atoms with E-state index in [-0.39, 0.29) is 16.3 Å². The van der Waals surface area contributed by atoms with Gasteiger partial charge in [0.1, 0.15) is 5.82 Å². The number of rotatable bonds is 7. The van der Waals surface area contributed by atoms with Crippen LogP contribution in [-0.4, -0.2) is 41.2 Å². The van der Waals surface area contributed by atoms with Crippen LogP contribution in [0.4, 0.5) is 4.39 Å². The third-order valence-electron chi connectivity index (χ3n) is 4.38. The Balaban J connectivity index is 2.40. The lowest BCUT2D eigenvalue weighted by Gasteiger charge is -2.26. The van der Waals surface area contributed by atoms with Crippen LogP contribution in [0.5, 0.6) is 0 Å². The second kappa shape index (κ2) is 8.57. The maximum atomic E-state index is 14.3. The van der Waals surface area contributed by atoms with Crippen molar-refractivity contribution in [1.82, 2.24) is 9.62 Å². The first-order valence-electron chi connectivity index (χ1n) is 8.57. The van der Waals surface area contributed by atoms with Gasteiger partial charge >= 0.3 is 0 Å². The van der Waals surface area contributed by atoms with E-state index in [1.165, 1.54) is 30.1 Å². The molecule has 0 radical (unpaired) electrons. The monoisotopic (exact) mass is 443 g/mol. The van der Waals surface area contributed by atoms with E-state index in [9.17, 15) is 26.0 Å². The standard InChI is InChI=1S/C18H22FN3O5S2/c1-4-21-29(26,27)15-8-9-17(19)16(11-15)18(23)22(3)12(2)13-6-5-7-14(10-13)28(20,24)25/h5-12,21H,4H2,1-3H3,(H2,20,24,25). The topological polar surface area (TPSA) is 127 Å². The van der Waals surface area contributed by atoms with Gasteiger partial charge in [-0.25, -0.2) is 31.1 Å². The molecule has 2 aromatic carbocycles. The van der Waals surface area contributed by atoms with Gasteiger partial charge in [-0.1, -0.05) is 19.1 Å². The molecule has 1 amide bonds. The Morgan fingerprint density at radius 3 is 2.38 bits per heavy atom. The molecule has 0 aliphatic heterocycles. The number of primary sulfonamides is 1. The first-order valence-corrected chi connectivity index (χ1v) is 11.6. The van der Waals surface area contributed by atoms with Crippen LogP contribution in [0.15, 0.2) is 52.3 Å². The molecule has 0 saturated carbocycles. The summed E-state index contributed by atoms with van der Waals surface area (Å²) in [5.74, 6) is -1.63. The van der Waals surface area contributed by atoms with Crippen molar-refractivity contribution in [2.24, 2.45) is 5.14 Å². The van der Waals surface area contributed by atoms with Gasteiger partial charge in [0.2, 0.25) is 20.0 Å². The van der Waals surface area contributed by atoms with E-state index in [2.05, 4.69) is 4.72 Å². The fourth-order valence-corrected chi connectivity index (χ4v) is 4.29. The number of nitrogens with two attached hydrogens (primary N) is 1. The highest BCUT2D eigenvalue weighted by Gasteiger charge is 2.25. The number of amides is 1. The fraction of sp³-hybridized carbons (Fsp3) is 0.278. The smallest absolute Gasteiger partial charge is 0.257 e. The number of halogens is 1. The fourth-order valence-electron chi connectivity index (χ4n) is 2.65. The van der Waals surface area contributed by atoms with E-state index in [4.69, 9.17) is 5.14 Å². The number of benzene rings is 2. The van der Waals surface area contributed by atoms with Crippen LogP contribution in [0, 0.1) is 5.82 Å². The number of hydrogen-bond acceptors (Lipinski definition) is 5. The van der Waals surface area contributed by atoms with E-state index >= 15 is 0 Å². The molecule has 0 bridgehead atoms. The first kappa shape index (κ1) is 22.9. The summed E-state index contributed by atoms with van der Waals surface area (Å²) >= 11 is 0. The van der Waals surface area contributed by atoms with Gasteiger partial charge in [0.15, 0.2) is 0 Å². The Labute approximate surface area is 169 Å². The summed E-state index contributed by atoms with van der Waals surface area (Å²) in [6, 6.07) is 8.05. The van der Waals surface area contributed by atoms with Gasteiger partial charge in [0.25, 0.3) is 5.91 Å². The summed E-state index contributed by atoms with van der Waals surface area (Å²) < 4.78 is 63.9. The van der Waals surface area contributed by atoms with Crippen LogP contribution in [-0.2, 0) is 20.0 Å². The van der Waals surface area contributed by atoms with Crippen molar-refractivity contribution >= 4 is 26.0 Å². The number of nitrogens with zero attached hydrogens (tertiary/aromatic N) is 1. The average molecular weight is 444 g/mol. The second-order valence-electron chi connectivity index (χ2n) is 6.35. The summed E-state index contributed by atoms with van der Waals surface area (Å²) in [6.07, 6.45) is 0. The molecule has 2 aromatic rings. The molecule has 1 unspecified atom stereocenters. The van der Waals surface area contributed by atoms with Gasteiger partial charge in [-0.2, -0.15) is 0 Å². The van der Waals surface area contributed by atoms with Crippen molar-refractivity contribution in [3.05, 3.63) is 59.4 Å². The molecule has 0 spiro atoms. The van der Waals surface area contributed by atoms with Crippen molar-refractivity contribution < 1.29 is 26.0 Å². The molecule has 29 heavy (non-hydrogen) atoms. The summed E-state index contributed by atoms with van der Waals surface area (Å²) in [6.45, 7) is 3.36. The Morgan fingerprint density at radius 2 is 1.79 bits per heavy atom. The second-order valence-corrected chi connectivity index (χ2v) is 9.68. The zero-order valence-electron chi connectivity index (χ0n) is 16.1. The highest BCUT2D eigenvalue weighted by Crippen LogP contribution is 2.24. The third-order valence-corrected chi connectivity index (χ3v) is 6.84. The molecule has 2 rings (SSSR count). The van der Waals surface area contributed by atoms with E-state index in [0.717, 1.165) is 18.2 Å². The minimum absolute atomic E-state index is 0.118. The Kier molecular flexibility index (Phi) is 6.78. The zero-order chi connectivity index (χ0) is 22.0. The van der Waals surface area contributed by atoms with Crippen LogP contribution in [0.25, 0.3) is 0 Å². The van der Waals surface area contributed by atoms with Gasteiger partial charge < -0.3 is 4.90 Å². The molecule has 11 heteroatoms. The van der Waals surface area contributed by atoms with E-state index < -0.39 is 43.4 Å². The highest BCUT2D eigenvalue weighted by atomic mass is 32.2. The molecule has 0 fully saturated rings. The molecule has 0 aromatic heterocycles. The molecule has 3 N–H and O–H groups in total. The number of hydrogen-bond donors (Lipinski definition) is 2. The molecular weight excluding hydrogens is 421 g/mol. The maximum Gasteiger partial charge on any atom is 0.257 e. The van der Waals surface area contributed by atoms with Gasteiger partial charge in [-0.3, -0.25) is 4.79 Å². The highest BCUT2D eigenvalue weighted by molar-refractivity contribution is 7.89. The summed E-state index contributed by atoms with van der Waals surface area (Å²) in [7, 11) is -6.40. The van der Waals surface area contributed by atoms with Crippen LogP contribution in [0.2, 0.25) is 0 Å². The summed E-state index contributed by atoms with van der Waals surface area (Å²) in [4.78, 5) is 13.7. The predicted octanol–water partition coefficient (Wildman–Crippen LogP) is 1.60. The van der Waals surface area contributed by atoms with Gasteiger partial charge in [0, 0.05) is 13.6 Å². The van der Waals surface area contributed by atoms with E-state index in [1.807, 2.05) is 0 Å². The van der Waals surface area contributed by atoms with Gasteiger partial charge in [-0.15, -0.1) is 0 Å². The maximum absolute atomic E-state index is 14.3. The van der Waals surface area contributed by atoms with E-state index in [0.29, 0.717) is 5.56 Å². The Bertz CT molecular complexity index is 1130. The van der Waals surface area contributed by atoms with Gasteiger partial charge in [-0.05, 0) is 42.8 Å².